The molecule has 1 aromatic rings. The third-order valence-corrected chi connectivity index (χ3v) is 4.96. The summed E-state index contributed by atoms with van der Waals surface area (Å²) in [7, 11) is -0.723. The van der Waals surface area contributed by atoms with Gasteiger partial charge in [0.1, 0.15) is 13.2 Å². The van der Waals surface area contributed by atoms with Crippen molar-refractivity contribution in [3.8, 4) is 0 Å². The molecule has 0 fully saturated rings. The summed E-state index contributed by atoms with van der Waals surface area (Å²) in [6.45, 7) is 1.88. The minimum absolute atomic E-state index is 0.0523. The first-order valence-electron chi connectivity index (χ1n) is 5.97. The zero-order valence-corrected chi connectivity index (χ0v) is 12.0. The summed E-state index contributed by atoms with van der Waals surface area (Å²) >= 11 is 0. The lowest BCUT2D eigenvalue weighted by Gasteiger charge is -2.35. The van der Waals surface area contributed by atoms with Gasteiger partial charge < -0.3 is 5.32 Å². The van der Waals surface area contributed by atoms with Gasteiger partial charge in [0, 0.05) is 19.1 Å². The van der Waals surface area contributed by atoms with Crippen LogP contribution in [0.3, 0.4) is 0 Å². The molecule has 0 saturated heterocycles. The highest BCUT2D eigenvalue weighted by Gasteiger charge is 2.51. The van der Waals surface area contributed by atoms with Gasteiger partial charge in [-0.3, -0.25) is 9.04 Å². The van der Waals surface area contributed by atoms with E-state index in [1.807, 2.05) is 13.0 Å². The van der Waals surface area contributed by atoms with Gasteiger partial charge in [-0.15, -0.1) is 0 Å². The first kappa shape index (κ1) is 14.0. The number of nitrogens with one attached hydrogen (secondary N) is 1. The van der Waals surface area contributed by atoms with Crippen LogP contribution in [-0.4, -0.2) is 30.7 Å². The van der Waals surface area contributed by atoms with Gasteiger partial charge in [0.25, 0.3) is 5.69 Å². The second-order valence-electron chi connectivity index (χ2n) is 4.98. The van der Waals surface area contributed by atoms with Crippen molar-refractivity contribution >= 4 is 10.1 Å². The molecule has 2 rings (SSSR count). The molecule has 3 unspecified atom stereocenters. The van der Waals surface area contributed by atoms with Gasteiger partial charge in [0.05, 0.1) is 13.2 Å². The second kappa shape index (κ2) is 4.59. The van der Waals surface area contributed by atoms with Crippen LogP contribution in [0.1, 0.15) is 18.0 Å². The van der Waals surface area contributed by atoms with Crippen LogP contribution in [0, 0.1) is 0 Å². The van der Waals surface area contributed by atoms with E-state index in [1.165, 1.54) is 0 Å². The molecule has 2 heterocycles. The Morgan fingerprint density at radius 1 is 1.47 bits per heavy atom. The standard InChI is InChI=1S/C12H18N3O3S/c1-10-13-7-9-15(10,3)12(19(16,17)18)11-6-4-5-8-14(11)2/h4-10,12-13H,1-3H3/q+1/p+1. The molecule has 0 radical (unpaired) electrons. The average Bonchev–Trinajstić information content (AvgIpc) is 2.61. The molecule has 2 N–H and O–H groups in total. The fraction of sp³-hybridized carbons (Fsp3) is 0.417. The summed E-state index contributed by atoms with van der Waals surface area (Å²) in [6, 6.07) is 5.28. The smallest absolute Gasteiger partial charge is 0.330 e. The molecule has 0 aromatic carbocycles. The SMILES string of the molecule is CC1NC=C[N+]1(C)C(c1cccc[n+]1C)S(=O)(=O)O. The molecule has 3 atom stereocenters. The van der Waals surface area contributed by atoms with Crippen molar-refractivity contribution < 1.29 is 22.0 Å². The van der Waals surface area contributed by atoms with Crippen molar-refractivity contribution in [3.05, 3.63) is 42.5 Å². The molecule has 1 aliphatic rings. The Labute approximate surface area is 113 Å². The Hall–Kier alpha value is -1.44. The molecule has 1 aromatic heterocycles. The lowest BCUT2D eigenvalue weighted by Crippen LogP contribution is -2.55. The van der Waals surface area contributed by atoms with Crippen molar-refractivity contribution in [2.75, 3.05) is 7.05 Å². The molecule has 1 aliphatic heterocycles. The van der Waals surface area contributed by atoms with Crippen LogP contribution in [0.15, 0.2) is 36.8 Å². The van der Waals surface area contributed by atoms with Crippen LogP contribution in [0.4, 0.5) is 0 Å². The summed E-state index contributed by atoms with van der Waals surface area (Å²) in [5.41, 5.74) is 0.535. The number of hydrogen-bond donors (Lipinski definition) is 2. The van der Waals surface area contributed by atoms with E-state index < -0.39 is 15.5 Å². The second-order valence-corrected chi connectivity index (χ2v) is 6.46. The number of nitrogens with zero attached hydrogens (tertiary/aromatic N) is 2. The molecule has 6 nitrogen and oxygen atoms in total. The maximum absolute atomic E-state index is 11.9. The predicted octanol–water partition coefficient (Wildman–Crippen LogP) is 0.265. The molecule has 7 heteroatoms. The Kier molecular flexibility index (Phi) is 3.38. The summed E-state index contributed by atoms with van der Waals surface area (Å²) in [5.74, 6) is 0. The molecule has 0 amide bonds. The molecule has 104 valence electrons. The van der Waals surface area contributed by atoms with E-state index in [-0.39, 0.29) is 10.6 Å². The quantitative estimate of drug-likeness (QED) is 0.475. The number of rotatable bonds is 3. The minimum atomic E-state index is -4.26. The van der Waals surface area contributed by atoms with Gasteiger partial charge in [-0.05, 0) is 6.07 Å². The Morgan fingerprint density at radius 2 is 2.16 bits per heavy atom. The molecule has 19 heavy (non-hydrogen) atoms. The summed E-state index contributed by atoms with van der Waals surface area (Å²) < 4.78 is 35.2. The summed E-state index contributed by atoms with van der Waals surface area (Å²) in [6.07, 6.45) is 5.08. The Morgan fingerprint density at radius 3 is 2.63 bits per heavy atom. The van der Waals surface area contributed by atoms with E-state index in [0.29, 0.717) is 5.69 Å². The zero-order valence-electron chi connectivity index (χ0n) is 11.2. The Bertz CT molecular complexity index is 614. The van der Waals surface area contributed by atoms with Crippen LogP contribution in [0.5, 0.6) is 0 Å². The number of pyridine rings is 1. The predicted molar refractivity (Wildman–Crippen MR) is 69.8 cm³/mol. The first-order chi connectivity index (χ1) is 8.77. The average molecular weight is 285 g/mol. The van der Waals surface area contributed by atoms with Gasteiger partial charge in [-0.2, -0.15) is 13.0 Å². The number of aromatic nitrogens is 1. The van der Waals surface area contributed by atoms with E-state index >= 15 is 0 Å². The molecule has 0 aliphatic carbocycles. The number of quaternary nitrogens is 1. The summed E-state index contributed by atoms with van der Waals surface area (Å²) in [4.78, 5) is 0. The molecular weight excluding hydrogens is 266 g/mol. The molecule has 0 bridgehead atoms. The zero-order chi connectivity index (χ0) is 14.3. The highest BCUT2D eigenvalue weighted by Crippen LogP contribution is 2.34. The van der Waals surface area contributed by atoms with Crippen LogP contribution in [0.25, 0.3) is 0 Å². The van der Waals surface area contributed by atoms with Crippen molar-refractivity contribution in [2.45, 2.75) is 18.5 Å². The van der Waals surface area contributed by atoms with Gasteiger partial charge in [0.2, 0.25) is 0 Å². The van der Waals surface area contributed by atoms with Crippen molar-refractivity contribution in [1.29, 1.82) is 0 Å². The van der Waals surface area contributed by atoms with Crippen LogP contribution in [-0.2, 0) is 17.2 Å². The topological polar surface area (TPSA) is 70.3 Å². The molecule has 0 saturated carbocycles. The third kappa shape index (κ3) is 2.36. The number of aryl methyl sites for hydroxylation is 1. The maximum atomic E-state index is 11.9. The minimum Gasteiger partial charge on any atom is -0.338 e. The van der Waals surface area contributed by atoms with Crippen molar-refractivity contribution in [3.63, 3.8) is 0 Å². The monoisotopic (exact) mass is 285 g/mol. The van der Waals surface area contributed by atoms with Crippen molar-refractivity contribution in [1.82, 2.24) is 5.32 Å². The van der Waals surface area contributed by atoms with Gasteiger partial charge in [-0.25, -0.2) is 0 Å². The fourth-order valence-corrected chi connectivity index (χ4v) is 3.81. The highest BCUT2D eigenvalue weighted by atomic mass is 32.2. The maximum Gasteiger partial charge on any atom is 0.330 e. The van der Waals surface area contributed by atoms with Gasteiger partial charge in [0.15, 0.2) is 12.4 Å². The van der Waals surface area contributed by atoms with E-state index in [1.54, 1.807) is 49.4 Å². The molecular formula is C12H19N3O3S+2. The van der Waals surface area contributed by atoms with E-state index in [9.17, 15) is 13.0 Å². The van der Waals surface area contributed by atoms with E-state index in [4.69, 9.17) is 0 Å². The van der Waals surface area contributed by atoms with Crippen LogP contribution >= 0.6 is 0 Å². The molecule has 0 spiro atoms. The fourth-order valence-electron chi connectivity index (χ4n) is 2.43. The summed E-state index contributed by atoms with van der Waals surface area (Å²) in [5, 5.41) is 1.99. The Balaban J connectivity index is 2.63. The highest BCUT2D eigenvalue weighted by molar-refractivity contribution is 7.85. The van der Waals surface area contributed by atoms with E-state index in [2.05, 4.69) is 5.32 Å². The van der Waals surface area contributed by atoms with Crippen LogP contribution < -0.4 is 9.88 Å². The normalized spacial score (nSPS) is 28.1. The lowest BCUT2D eigenvalue weighted by atomic mass is 10.2. The van der Waals surface area contributed by atoms with Gasteiger partial charge in [-0.1, -0.05) is 0 Å². The number of hydrogen-bond acceptors (Lipinski definition) is 3. The van der Waals surface area contributed by atoms with Gasteiger partial charge >= 0.3 is 15.5 Å². The van der Waals surface area contributed by atoms with Crippen molar-refractivity contribution in [2.24, 2.45) is 7.05 Å². The van der Waals surface area contributed by atoms with E-state index in [0.717, 1.165) is 0 Å². The van der Waals surface area contributed by atoms with Crippen LogP contribution in [0.2, 0.25) is 0 Å². The third-order valence-electron chi connectivity index (χ3n) is 3.70. The lowest BCUT2D eigenvalue weighted by molar-refractivity contribution is -0.905. The largest absolute Gasteiger partial charge is 0.338 e. The first-order valence-corrected chi connectivity index (χ1v) is 7.47.